The predicted molar refractivity (Wildman–Crippen MR) is 163 cm³/mol. The van der Waals surface area contributed by atoms with Crippen LogP contribution in [-0.4, -0.2) is 66.8 Å². The molecular formula is C31H42ClFN4O4S. The second-order valence-electron chi connectivity index (χ2n) is 12.1. The molecule has 2 heterocycles. The number of aliphatic hydroxyl groups is 1. The molecule has 1 amide bonds. The quantitative estimate of drug-likeness (QED) is 0.334. The Morgan fingerprint density at radius 1 is 1.14 bits per heavy atom. The van der Waals surface area contributed by atoms with Crippen molar-refractivity contribution < 1.29 is 22.7 Å². The van der Waals surface area contributed by atoms with E-state index in [2.05, 4.69) is 10.6 Å². The highest BCUT2D eigenvalue weighted by Gasteiger charge is 2.38. The third-order valence-corrected chi connectivity index (χ3v) is 11.5. The first-order valence-electron chi connectivity index (χ1n) is 15.1. The van der Waals surface area contributed by atoms with E-state index in [1.807, 2.05) is 12.1 Å². The molecule has 5 N–H and O–H groups in total. The highest BCUT2D eigenvalue weighted by atomic mass is 35.5. The van der Waals surface area contributed by atoms with Gasteiger partial charge in [0.1, 0.15) is 5.82 Å². The van der Waals surface area contributed by atoms with Gasteiger partial charge in [0.15, 0.2) is 0 Å². The molecule has 2 aromatic carbocycles. The minimum Gasteiger partial charge on any atom is -0.393 e. The Balaban J connectivity index is 1.28. The molecule has 11 heteroatoms. The zero-order valence-electron chi connectivity index (χ0n) is 23.9. The fraction of sp³-hybridized carbons (Fsp3) is 0.581. The number of hydrogen-bond donors (Lipinski definition) is 4. The van der Waals surface area contributed by atoms with Gasteiger partial charge in [0.25, 0.3) is 0 Å². The molecule has 3 aliphatic rings. The van der Waals surface area contributed by atoms with Gasteiger partial charge in [-0.05, 0) is 93.5 Å². The van der Waals surface area contributed by atoms with Crippen LogP contribution >= 0.6 is 11.6 Å². The first kappa shape index (κ1) is 31.3. The molecule has 230 valence electrons. The highest BCUT2D eigenvalue weighted by Crippen LogP contribution is 2.39. The average molecular weight is 621 g/mol. The first-order chi connectivity index (χ1) is 20.1. The Morgan fingerprint density at radius 3 is 2.62 bits per heavy atom. The van der Waals surface area contributed by atoms with Crippen LogP contribution in [0.25, 0.3) is 0 Å². The summed E-state index contributed by atoms with van der Waals surface area (Å²) in [7, 11) is -3.30. The van der Waals surface area contributed by atoms with Crippen molar-refractivity contribution in [3.63, 3.8) is 0 Å². The molecule has 42 heavy (non-hydrogen) atoms. The van der Waals surface area contributed by atoms with Gasteiger partial charge >= 0.3 is 0 Å². The third-order valence-electron chi connectivity index (χ3n) is 9.30. The molecular weight excluding hydrogens is 579 g/mol. The Kier molecular flexibility index (Phi) is 10.2. The normalized spacial score (nSPS) is 28.8. The fourth-order valence-electron chi connectivity index (χ4n) is 6.99. The van der Waals surface area contributed by atoms with Crippen molar-refractivity contribution in [2.45, 2.75) is 87.9 Å². The number of aliphatic hydroxyl groups excluding tert-OH is 1. The molecule has 5 rings (SSSR count). The van der Waals surface area contributed by atoms with Crippen LogP contribution in [-0.2, 0) is 21.2 Å². The number of fused-ring (bicyclic) bond motifs is 2. The molecule has 2 aromatic rings. The highest BCUT2D eigenvalue weighted by molar-refractivity contribution is 7.89. The van der Waals surface area contributed by atoms with Gasteiger partial charge < -0.3 is 21.5 Å². The fourth-order valence-corrected chi connectivity index (χ4v) is 8.92. The molecule has 2 saturated heterocycles. The summed E-state index contributed by atoms with van der Waals surface area (Å²) >= 11 is 6.13. The van der Waals surface area contributed by atoms with Crippen molar-refractivity contribution in [1.29, 1.82) is 0 Å². The number of rotatable bonds is 9. The molecule has 1 aliphatic carbocycles. The van der Waals surface area contributed by atoms with Crippen molar-refractivity contribution >= 4 is 33.2 Å². The Hall–Kier alpha value is -2.08. The van der Waals surface area contributed by atoms with Crippen molar-refractivity contribution in [3.05, 3.63) is 64.4 Å². The maximum atomic E-state index is 15.1. The number of halogens is 2. The summed E-state index contributed by atoms with van der Waals surface area (Å²) in [4.78, 5) is 13.6. The lowest BCUT2D eigenvalue weighted by molar-refractivity contribution is -0.118. The minimum atomic E-state index is -3.30. The lowest BCUT2D eigenvalue weighted by Crippen LogP contribution is -2.57. The summed E-state index contributed by atoms with van der Waals surface area (Å²) in [5.74, 6) is -0.817. The van der Waals surface area contributed by atoms with E-state index < -0.39 is 27.8 Å². The number of amides is 1. The van der Waals surface area contributed by atoms with Crippen LogP contribution in [0.3, 0.4) is 0 Å². The zero-order chi connectivity index (χ0) is 29.9. The van der Waals surface area contributed by atoms with E-state index in [1.54, 1.807) is 28.6 Å². The van der Waals surface area contributed by atoms with E-state index in [0.717, 1.165) is 24.8 Å². The molecule has 1 unspecified atom stereocenters. The summed E-state index contributed by atoms with van der Waals surface area (Å²) in [6.07, 6.45) is 5.51. The molecule has 5 atom stereocenters. The number of carbonyl (C=O) groups excluding carboxylic acids is 1. The second-order valence-corrected chi connectivity index (χ2v) is 14.6. The van der Waals surface area contributed by atoms with Gasteiger partial charge in [-0.1, -0.05) is 29.8 Å². The summed E-state index contributed by atoms with van der Waals surface area (Å²) in [6, 6.07) is 11.1. The largest absolute Gasteiger partial charge is 0.393 e. The van der Waals surface area contributed by atoms with Crippen LogP contribution in [0, 0.1) is 11.7 Å². The number of anilines is 1. The summed E-state index contributed by atoms with van der Waals surface area (Å²) in [5, 5.41) is 17.0. The van der Waals surface area contributed by atoms with Gasteiger partial charge in [-0.25, -0.2) is 12.8 Å². The van der Waals surface area contributed by atoms with Gasteiger partial charge in [0, 0.05) is 47.4 Å². The summed E-state index contributed by atoms with van der Waals surface area (Å²) in [6.45, 7) is 1.07. The molecule has 0 aromatic heterocycles. The number of benzene rings is 2. The third kappa shape index (κ3) is 7.34. The van der Waals surface area contributed by atoms with Gasteiger partial charge in [-0.2, -0.15) is 4.31 Å². The second kappa shape index (κ2) is 13.7. The van der Waals surface area contributed by atoms with E-state index in [4.69, 9.17) is 17.3 Å². The van der Waals surface area contributed by atoms with Crippen molar-refractivity contribution in [2.75, 3.05) is 24.2 Å². The minimum absolute atomic E-state index is 0.112. The maximum Gasteiger partial charge on any atom is 0.241 e. The maximum absolute atomic E-state index is 15.1. The van der Waals surface area contributed by atoms with Crippen molar-refractivity contribution in [1.82, 2.24) is 9.62 Å². The first-order valence-corrected chi connectivity index (χ1v) is 17.1. The van der Waals surface area contributed by atoms with Crippen LogP contribution in [0.15, 0.2) is 42.5 Å². The average Bonchev–Trinajstić information content (AvgIpc) is 3.08. The van der Waals surface area contributed by atoms with Crippen molar-refractivity contribution in [2.24, 2.45) is 11.7 Å². The van der Waals surface area contributed by atoms with E-state index >= 15 is 4.39 Å². The molecule has 1 saturated carbocycles. The van der Waals surface area contributed by atoms with E-state index in [9.17, 15) is 18.3 Å². The van der Waals surface area contributed by atoms with E-state index in [0.29, 0.717) is 67.9 Å². The van der Waals surface area contributed by atoms with Crippen LogP contribution in [0.2, 0.25) is 5.02 Å². The molecule has 0 spiro atoms. The number of carbonyl (C=O) groups is 1. The smallest absolute Gasteiger partial charge is 0.241 e. The van der Waals surface area contributed by atoms with Crippen LogP contribution in [0.5, 0.6) is 0 Å². The standard InChI is InChI=1S/C31H42ClFN4O4S/c32-22-13-9-20(10-14-22)29(21-11-15-25(38)16-12-21)30(34)31(39)36-28-8-2-7-27(33)26(28)6-1-5-24-18-35-23-4-3-17-42(40,41)37(24)19-23/h2,7-10,13-14,21,23-25,29-30,35,38H,1,3-6,11-12,15-19,34H2,(H,36,39)/t21-,23-,24+,25-,29+,30+/m1/s1. The Bertz CT molecular complexity index is 1340. The number of hydrogen-bond acceptors (Lipinski definition) is 6. The number of sulfonamides is 1. The topological polar surface area (TPSA) is 125 Å². The summed E-state index contributed by atoms with van der Waals surface area (Å²) < 4.78 is 42.4. The monoisotopic (exact) mass is 620 g/mol. The van der Waals surface area contributed by atoms with Crippen LogP contribution < -0.4 is 16.4 Å². The number of piperazine rings is 1. The summed E-state index contributed by atoms with van der Waals surface area (Å²) in [5.41, 5.74) is 8.33. The van der Waals surface area contributed by atoms with Crippen LogP contribution in [0.4, 0.5) is 10.1 Å². The molecule has 2 aliphatic heterocycles. The Labute approximate surface area is 253 Å². The molecule has 2 bridgehead atoms. The van der Waals surface area contributed by atoms with Gasteiger partial charge in [-0.15, -0.1) is 0 Å². The lowest BCUT2D eigenvalue weighted by Gasteiger charge is -2.37. The molecule has 8 nitrogen and oxygen atoms in total. The van der Waals surface area contributed by atoms with Gasteiger partial charge in [0.2, 0.25) is 15.9 Å². The van der Waals surface area contributed by atoms with Gasteiger partial charge in [-0.3, -0.25) is 4.79 Å². The number of nitrogens with zero attached hydrogens (tertiary/aromatic N) is 1. The lowest BCUT2D eigenvalue weighted by atomic mass is 9.72. The van der Waals surface area contributed by atoms with E-state index in [-0.39, 0.29) is 35.8 Å². The SMILES string of the molecule is N[C@H](C(=O)Nc1cccc(F)c1CCC[C@H]1CN[C@@H]2CCCS(=O)(=O)N1C2)[C@@H](c1ccc(Cl)cc1)[C@H]1CC[C@H](O)CC1. The molecule has 3 fully saturated rings. The molecule has 0 radical (unpaired) electrons. The van der Waals surface area contributed by atoms with E-state index in [1.165, 1.54) is 6.07 Å². The zero-order valence-corrected chi connectivity index (χ0v) is 25.4. The van der Waals surface area contributed by atoms with Crippen molar-refractivity contribution in [3.8, 4) is 0 Å². The Morgan fingerprint density at radius 2 is 1.88 bits per heavy atom. The predicted octanol–water partition coefficient (Wildman–Crippen LogP) is 4.17. The number of nitrogens with two attached hydrogens (primary N) is 1. The van der Waals surface area contributed by atoms with Gasteiger partial charge in [0.05, 0.1) is 17.9 Å². The van der Waals surface area contributed by atoms with Crippen LogP contribution in [0.1, 0.15) is 68.4 Å². The number of nitrogens with one attached hydrogen (secondary N) is 2.